The highest BCUT2D eigenvalue weighted by atomic mass is 16.3. The fourth-order valence-corrected chi connectivity index (χ4v) is 2.43. The van der Waals surface area contributed by atoms with E-state index < -0.39 is 0 Å². The van der Waals surface area contributed by atoms with E-state index >= 15 is 0 Å². The Morgan fingerprint density at radius 1 is 0.889 bits per heavy atom. The summed E-state index contributed by atoms with van der Waals surface area (Å²) >= 11 is 0. The quantitative estimate of drug-likeness (QED) is 0.522. The topological polar surface area (TPSA) is 20.2 Å². The molecule has 0 aliphatic heterocycles. The molecule has 52 valence electrons. The van der Waals surface area contributed by atoms with Crippen molar-refractivity contribution in [3.8, 4) is 0 Å². The summed E-state index contributed by atoms with van der Waals surface area (Å²) < 4.78 is 0. The Morgan fingerprint density at radius 2 is 1.44 bits per heavy atom. The lowest BCUT2D eigenvalue weighted by molar-refractivity contribution is 0.0605. The first kappa shape index (κ1) is 5.72. The molecule has 0 aromatic rings. The van der Waals surface area contributed by atoms with Crippen LogP contribution in [-0.4, -0.2) is 11.2 Å². The molecule has 3 atom stereocenters. The lowest BCUT2D eigenvalue weighted by Gasteiger charge is -2.24. The molecule has 2 saturated carbocycles. The minimum atomic E-state index is 0.0822. The summed E-state index contributed by atoms with van der Waals surface area (Å²) in [6.07, 6.45) is 6.62. The van der Waals surface area contributed by atoms with E-state index in [9.17, 15) is 5.11 Å². The molecule has 0 aromatic heterocycles. The van der Waals surface area contributed by atoms with E-state index in [-0.39, 0.29) is 6.10 Å². The van der Waals surface area contributed by atoms with Crippen LogP contribution in [0.5, 0.6) is 0 Å². The van der Waals surface area contributed by atoms with E-state index in [0.717, 1.165) is 0 Å². The lowest BCUT2D eigenvalue weighted by Crippen LogP contribution is -2.24. The molecule has 2 bridgehead atoms. The molecule has 1 N–H and O–H groups in total. The largest absolute Gasteiger partial charge is 0.393 e. The van der Waals surface area contributed by atoms with Crippen molar-refractivity contribution in [2.24, 2.45) is 11.8 Å². The fraction of sp³-hybridized carbons (Fsp3) is 1.00. The van der Waals surface area contributed by atoms with Gasteiger partial charge in [0.15, 0.2) is 0 Å². The van der Waals surface area contributed by atoms with E-state index in [1.807, 2.05) is 0 Å². The van der Waals surface area contributed by atoms with Gasteiger partial charge in [0, 0.05) is 0 Å². The van der Waals surface area contributed by atoms with Crippen LogP contribution in [0.2, 0.25) is 0 Å². The molecular formula is C8H14O. The van der Waals surface area contributed by atoms with E-state index in [1.165, 1.54) is 32.1 Å². The van der Waals surface area contributed by atoms with Gasteiger partial charge in [0.1, 0.15) is 0 Å². The third kappa shape index (κ3) is 0.787. The van der Waals surface area contributed by atoms with Crippen molar-refractivity contribution in [1.82, 2.24) is 0 Å². The number of fused-ring (bicyclic) bond motifs is 2. The third-order valence-corrected chi connectivity index (χ3v) is 3.02. The normalized spacial score (nSPS) is 49.7. The van der Waals surface area contributed by atoms with Crippen LogP contribution in [0.1, 0.15) is 32.1 Å². The molecule has 9 heavy (non-hydrogen) atoms. The number of hydrogen-bond acceptors (Lipinski definition) is 1. The van der Waals surface area contributed by atoms with Crippen LogP contribution in [0.25, 0.3) is 0 Å². The van der Waals surface area contributed by atoms with Crippen LogP contribution in [0.4, 0.5) is 0 Å². The average molecular weight is 126 g/mol. The molecule has 1 nitrogen and oxygen atoms in total. The monoisotopic (exact) mass is 126 g/mol. The maximum atomic E-state index is 9.51. The zero-order chi connectivity index (χ0) is 6.27. The molecule has 2 aliphatic rings. The Bertz CT molecular complexity index is 95.1. The minimum absolute atomic E-state index is 0.0822. The van der Waals surface area contributed by atoms with Gasteiger partial charge in [-0.3, -0.25) is 0 Å². The van der Waals surface area contributed by atoms with Crippen molar-refractivity contribution in [2.45, 2.75) is 38.2 Å². The average Bonchev–Trinajstić information content (AvgIpc) is 2.19. The molecule has 2 rings (SSSR count). The SMILES string of the molecule is OC1[C@@H]2CCC[C@H]1CC2. The molecule has 2 fully saturated rings. The minimum Gasteiger partial charge on any atom is -0.393 e. The van der Waals surface area contributed by atoms with Crippen molar-refractivity contribution in [3.05, 3.63) is 0 Å². The zero-order valence-corrected chi connectivity index (χ0v) is 5.71. The third-order valence-electron chi connectivity index (χ3n) is 3.02. The number of aliphatic hydroxyl groups is 1. The standard InChI is InChI=1S/C8H14O/c9-8-6-2-1-3-7(8)5-4-6/h6-9H,1-5H2/t6-,7+,8?. The van der Waals surface area contributed by atoms with Crippen molar-refractivity contribution < 1.29 is 5.11 Å². The Hall–Kier alpha value is -0.0400. The molecule has 1 unspecified atom stereocenters. The molecular weight excluding hydrogens is 112 g/mol. The Labute approximate surface area is 56.1 Å². The van der Waals surface area contributed by atoms with E-state index in [4.69, 9.17) is 0 Å². The van der Waals surface area contributed by atoms with Gasteiger partial charge in [-0.25, -0.2) is 0 Å². The smallest absolute Gasteiger partial charge is 0.0596 e. The second-order valence-electron chi connectivity index (χ2n) is 3.52. The molecule has 0 radical (unpaired) electrons. The van der Waals surface area contributed by atoms with Gasteiger partial charge >= 0.3 is 0 Å². The predicted molar refractivity (Wildman–Crippen MR) is 36.1 cm³/mol. The molecule has 2 aliphatic carbocycles. The summed E-state index contributed by atoms with van der Waals surface area (Å²) in [5.41, 5.74) is 0. The second kappa shape index (κ2) is 1.98. The second-order valence-corrected chi connectivity index (χ2v) is 3.52. The maximum absolute atomic E-state index is 9.51. The van der Waals surface area contributed by atoms with Crippen LogP contribution in [0.3, 0.4) is 0 Å². The summed E-state index contributed by atoms with van der Waals surface area (Å²) in [5, 5.41) is 9.51. The molecule has 0 aromatic carbocycles. The maximum Gasteiger partial charge on any atom is 0.0596 e. The van der Waals surface area contributed by atoms with Crippen LogP contribution >= 0.6 is 0 Å². The van der Waals surface area contributed by atoms with Gasteiger partial charge in [-0.15, -0.1) is 0 Å². The van der Waals surface area contributed by atoms with Gasteiger partial charge in [-0.1, -0.05) is 6.42 Å². The first-order chi connectivity index (χ1) is 4.38. The number of hydrogen-bond donors (Lipinski definition) is 1. The van der Waals surface area contributed by atoms with E-state index in [1.54, 1.807) is 0 Å². The van der Waals surface area contributed by atoms with Gasteiger partial charge in [0.2, 0.25) is 0 Å². The summed E-state index contributed by atoms with van der Waals surface area (Å²) in [6, 6.07) is 0. The Kier molecular flexibility index (Phi) is 1.26. The molecule has 1 heteroatoms. The van der Waals surface area contributed by atoms with E-state index in [0.29, 0.717) is 11.8 Å². The highest BCUT2D eigenvalue weighted by Gasteiger charge is 2.37. The molecule has 0 saturated heterocycles. The van der Waals surface area contributed by atoms with Gasteiger partial charge < -0.3 is 5.11 Å². The van der Waals surface area contributed by atoms with Crippen molar-refractivity contribution >= 4 is 0 Å². The van der Waals surface area contributed by atoms with Gasteiger partial charge in [0.05, 0.1) is 6.10 Å². The molecule has 0 amide bonds. The summed E-state index contributed by atoms with van der Waals surface area (Å²) in [5.74, 6) is 1.37. The van der Waals surface area contributed by atoms with E-state index in [2.05, 4.69) is 0 Å². The van der Waals surface area contributed by atoms with Crippen LogP contribution in [0, 0.1) is 11.8 Å². The first-order valence-corrected chi connectivity index (χ1v) is 4.06. The predicted octanol–water partition coefficient (Wildman–Crippen LogP) is 1.56. The first-order valence-electron chi connectivity index (χ1n) is 4.06. The van der Waals surface area contributed by atoms with Gasteiger partial charge in [-0.2, -0.15) is 0 Å². The van der Waals surface area contributed by atoms with Gasteiger partial charge in [-0.05, 0) is 37.5 Å². The lowest BCUT2D eigenvalue weighted by atomic mass is 9.86. The summed E-state index contributed by atoms with van der Waals surface area (Å²) in [4.78, 5) is 0. The molecule has 0 spiro atoms. The Morgan fingerprint density at radius 3 is 1.89 bits per heavy atom. The Balaban J connectivity index is 2.10. The van der Waals surface area contributed by atoms with Gasteiger partial charge in [0.25, 0.3) is 0 Å². The highest BCUT2D eigenvalue weighted by Crippen LogP contribution is 2.41. The zero-order valence-electron chi connectivity index (χ0n) is 5.71. The highest BCUT2D eigenvalue weighted by molar-refractivity contribution is 4.88. The number of rotatable bonds is 0. The fourth-order valence-electron chi connectivity index (χ4n) is 2.43. The van der Waals surface area contributed by atoms with Crippen LogP contribution in [-0.2, 0) is 0 Å². The number of aliphatic hydroxyl groups excluding tert-OH is 1. The van der Waals surface area contributed by atoms with Crippen molar-refractivity contribution in [2.75, 3.05) is 0 Å². The summed E-state index contributed by atoms with van der Waals surface area (Å²) in [7, 11) is 0. The van der Waals surface area contributed by atoms with Crippen LogP contribution in [0.15, 0.2) is 0 Å². The molecule has 0 heterocycles. The van der Waals surface area contributed by atoms with Crippen molar-refractivity contribution in [1.29, 1.82) is 0 Å². The van der Waals surface area contributed by atoms with Crippen molar-refractivity contribution in [3.63, 3.8) is 0 Å². The summed E-state index contributed by atoms with van der Waals surface area (Å²) in [6.45, 7) is 0. The van der Waals surface area contributed by atoms with Crippen LogP contribution < -0.4 is 0 Å².